The van der Waals surface area contributed by atoms with Crippen molar-refractivity contribution < 1.29 is 75.8 Å². The molecule has 0 spiro atoms. The molecule has 18 heteroatoms. The zero-order valence-corrected chi connectivity index (χ0v) is 59.3. The summed E-state index contributed by atoms with van der Waals surface area (Å²) in [5, 5.41) is 20.6. The molecule has 0 saturated carbocycles. The summed E-state index contributed by atoms with van der Waals surface area (Å²) in [6.45, 7) is 2.63. The number of carbonyl (C=O) groups is 3. The average molecular weight is 1330 g/mol. The van der Waals surface area contributed by atoms with Gasteiger partial charge in [0.2, 0.25) is 0 Å². The Bertz CT molecular complexity index is 1950. The van der Waals surface area contributed by atoms with E-state index in [1.807, 2.05) is 0 Å². The molecule has 0 bridgehead atoms. The minimum atomic E-state index is -4.92. The fourth-order valence-corrected chi connectivity index (χ4v) is 11.4. The molecule has 0 radical (unpaired) electrons. The number of rotatable bonds is 69. The maximum absolute atomic E-state index is 12.9. The highest BCUT2D eigenvalue weighted by Gasteiger charge is 2.29. The maximum Gasteiger partial charge on any atom is 0.472 e. The van der Waals surface area contributed by atoms with Crippen LogP contribution >= 0.6 is 15.6 Å². The van der Waals surface area contributed by atoms with Crippen LogP contribution < -0.4 is 0 Å². The van der Waals surface area contributed by atoms with Crippen molar-refractivity contribution in [2.24, 2.45) is 0 Å². The van der Waals surface area contributed by atoms with Crippen LogP contribution in [0.25, 0.3) is 0 Å². The molecule has 0 aliphatic carbocycles. The zero-order valence-electron chi connectivity index (χ0n) is 57.5. The summed E-state index contributed by atoms with van der Waals surface area (Å²) in [4.78, 5) is 58.4. The lowest BCUT2D eigenvalue weighted by molar-refractivity contribution is -0.161. The molecule has 0 fully saturated rings. The van der Waals surface area contributed by atoms with Gasteiger partial charge in [0.05, 0.1) is 26.4 Å². The summed E-state index contributed by atoms with van der Waals surface area (Å²) in [5.74, 6) is -1.58. The van der Waals surface area contributed by atoms with Gasteiger partial charge in [0, 0.05) is 19.3 Å². The average Bonchev–Trinajstić information content (AvgIpc) is 3.08. The third-order valence-electron chi connectivity index (χ3n) is 15.4. The molecular formula is C73H132O16P2. The lowest BCUT2D eigenvalue weighted by Gasteiger charge is -2.21. The summed E-state index contributed by atoms with van der Waals surface area (Å²) >= 11 is 0. The number of aliphatic hydroxyl groups excluding tert-OH is 2. The molecule has 0 aliphatic heterocycles. The highest BCUT2D eigenvalue weighted by molar-refractivity contribution is 7.47. The highest BCUT2D eigenvalue weighted by Crippen LogP contribution is 2.45. The SMILES string of the molecule is CCCCC/C=C\C/C=C\C/C=C\C/C=C\CCCCCCCCCCCC(=O)OCC(O)COP(=O)(O)OCC(O)COP(=O)(O)OCC(COC(=O)CCCCCCC/C=C\C/C=C\CCCCC)OC(=O)CCCCCCCCCCCCCCCCC. The topological polar surface area (TPSA) is 231 Å². The Morgan fingerprint density at radius 3 is 0.890 bits per heavy atom. The van der Waals surface area contributed by atoms with Gasteiger partial charge < -0.3 is 34.2 Å². The van der Waals surface area contributed by atoms with Gasteiger partial charge in [-0.3, -0.25) is 32.5 Å². The van der Waals surface area contributed by atoms with Gasteiger partial charge in [0.15, 0.2) is 6.10 Å². The van der Waals surface area contributed by atoms with E-state index in [0.717, 1.165) is 122 Å². The van der Waals surface area contributed by atoms with E-state index in [-0.39, 0.29) is 19.3 Å². The van der Waals surface area contributed by atoms with E-state index in [0.29, 0.717) is 19.3 Å². The van der Waals surface area contributed by atoms with Crippen LogP contribution in [0.3, 0.4) is 0 Å². The summed E-state index contributed by atoms with van der Waals surface area (Å²) in [6.07, 6.45) is 70.9. The number of hydrogen-bond donors (Lipinski definition) is 4. The smallest absolute Gasteiger partial charge is 0.463 e. The number of phosphoric ester groups is 2. The van der Waals surface area contributed by atoms with E-state index in [9.17, 15) is 43.5 Å². The highest BCUT2D eigenvalue weighted by atomic mass is 31.2. The predicted molar refractivity (Wildman–Crippen MR) is 372 cm³/mol. The summed E-state index contributed by atoms with van der Waals surface area (Å²) in [7, 11) is -9.77. The second kappa shape index (κ2) is 67.0. The van der Waals surface area contributed by atoms with Crippen LogP contribution in [0.4, 0.5) is 0 Å². The van der Waals surface area contributed by atoms with Gasteiger partial charge in [-0.25, -0.2) is 9.13 Å². The van der Waals surface area contributed by atoms with Crippen molar-refractivity contribution in [1.82, 2.24) is 0 Å². The van der Waals surface area contributed by atoms with E-state index < -0.39 is 91.5 Å². The van der Waals surface area contributed by atoms with Crippen LogP contribution in [0, 0.1) is 0 Å². The molecule has 530 valence electrons. The summed E-state index contributed by atoms with van der Waals surface area (Å²) in [6, 6.07) is 0. The molecule has 0 aliphatic rings. The number of hydrogen-bond acceptors (Lipinski definition) is 14. The second-order valence-electron chi connectivity index (χ2n) is 24.4. The first kappa shape index (κ1) is 88.0. The number of allylic oxidation sites excluding steroid dienone is 12. The summed E-state index contributed by atoms with van der Waals surface area (Å²) in [5.41, 5.74) is 0. The van der Waals surface area contributed by atoms with Gasteiger partial charge in [0.25, 0.3) is 0 Å². The predicted octanol–water partition coefficient (Wildman–Crippen LogP) is 20.3. The van der Waals surface area contributed by atoms with Gasteiger partial charge in [-0.2, -0.15) is 0 Å². The molecule has 5 atom stereocenters. The van der Waals surface area contributed by atoms with Crippen molar-refractivity contribution in [2.45, 2.75) is 334 Å². The number of carbonyl (C=O) groups excluding carboxylic acids is 3. The van der Waals surface area contributed by atoms with Crippen molar-refractivity contribution in [3.8, 4) is 0 Å². The van der Waals surface area contributed by atoms with E-state index in [2.05, 4.69) is 93.7 Å². The number of ether oxygens (including phenoxy) is 3. The number of esters is 3. The molecule has 0 saturated heterocycles. The minimum absolute atomic E-state index is 0.107. The first-order valence-corrected chi connectivity index (χ1v) is 39.2. The van der Waals surface area contributed by atoms with E-state index >= 15 is 0 Å². The molecule has 16 nitrogen and oxygen atoms in total. The van der Waals surface area contributed by atoms with Crippen molar-refractivity contribution in [3.63, 3.8) is 0 Å². The fraction of sp³-hybridized carbons (Fsp3) is 0.795. The maximum atomic E-state index is 12.9. The van der Waals surface area contributed by atoms with Crippen LogP contribution in [0.2, 0.25) is 0 Å². The third kappa shape index (κ3) is 68.2. The Hall–Kier alpha value is -3.01. The standard InChI is InChI=1S/C73H132O16P2/c1-4-7-10-13-16-19-22-25-28-29-30-31-32-33-34-35-36-37-40-42-44-47-50-53-56-59-71(76)83-62-68(74)63-85-90(79,80)86-64-69(75)65-87-91(81,82)88-67-70(89-73(78)61-58-55-52-49-46-43-39-27-24-21-18-15-12-9-6-3)66-84-72(77)60-57-54-51-48-45-41-38-26-23-20-17-14-11-8-5-2/h16-17,19-20,25-26,28,30-31,33-34,38,68-70,74-75H,4-15,18,21-24,27,29,32,35-37,39-67H2,1-3H3,(H,79,80)(H,81,82)/b19-16-,20-17-,28-25-,31-30-,34-33-,38-26-. The molecule has 0 heterocycles. The molecule has 0 rings (SSSR count). The van der Waals surface area contributed by atoms with Gasteiger partial charge in [0.1, 0.15) is 25.4 Å². The molecule has 0 aromatic heterocycles. The number of aliphatic hydroxyl groups is 2. The molecule has 0 aromatic carbocycles. The second-order valence-corrected chi connectivity index (χ2v) is 27.3. The van der Waals surface area contributed by atoms with Crippen molar-refractivity contribution in [1.29, 1.82) is 0 Å². The van der Waals surface area contributed by atoms with Crippen LogP contribution in [-0.2, 0) is 55.8 Å². The minimum Gasteiger partial charge on any atom is -0.463 e. The molecule has 5 unspecified atom stereocenters. The number of unbranched alkanes of at least 4 members (excludes halogenated alkanes) is 34. The third-order valence-corrected chi connectivity index (χ3v) is 17.3. The summed E-state index contributed by atoms with van der Waals surface area (Å²) < 4.78 is 61.0. The monoisotopic (exact) mass is 1330 g/mol. The zero-order chi connectivity index (χ0) is 66.7. The Morgan fingerprint density at radius 2 is 0.549 bits per heavy atom. The Kier molecular flexibility index (Phi) is 64.8. The van der Waals surface area contributed by atoms with Gasteiger partial charge in [-0.15, -0.1) is 0 Å². The lowest BCUT2D eigenvalue weighted by atomic mass is 10.0. The van der Waals surface area contributed by atoms with Crippen LogP contribution in [0.5, 0.6) is 0 Å². The van der Waals surface area contributed by atoms with Crippen LogP contribution in [0.1, 0.15) is 316 Å². The van der Waals surface area contributed by atoms with Crippen LogP contribution in [-0.4, -0.2) is 95.9 Å². The normalized spacial score (nSPS) is 14.6. The van der Waals surface area contributed by atoms with Crippen molar-refractivity contribution in [3.05, 3.63) is 72.9 Å². The van der Waals surface area contributed by atoms with Crippen LogP contribution in [0.15, 0.2) is 72.9 Å². The molecule has 0 amide bonds. The Balaban J connectivity index is 4.55. The number of phosphoric acid groups is 2. The Labute approximate surface area is 553 Å². The van der Waals surface area contributed by atoms with Gasteiger partial charge in [-0.05, 0) is 96.3 Å². The van der Waals surface area contributed by atoms with E-state index in [1.165, 1.54) is 135 Å². The molecule has 91 heavy (non-hydrogen) atoms. The fourth-order valence-electron chi connectivity index (χ4n) is 9.82. The molecule has 4 N–H and O–H groups in total. The van der Waals surface area contributed by atoms with Crippen molar-refractivity contribution in [2.75, 3.05) is 39.6 Å². The van der Waals surface area contributed by atoms with Crippen molar-refractivity contribution >= 4 is 33.6 Å². The Morgan fingerprint density at radius 1 is 0.308 bits per heavy atom. The lowest BCUT2D eigenvalue weighted by Crippen LogP contribution is -2.30. The van der Waals surface area contributed by atoms with E-state index in [1.54, 1.807) is 0 Å². The largest absolute Gasteiger partial charge is 0.472 e. The quantitative estimate of drug-likeness (QED) is 0.0146. The van der Waals surface area contributed by atoms with Gasteiger partial charge >= 0.3 is 33.6 Å². The van der Waals surface area contributed by atoms with Gasteiger partial charge in [-0.1, -0.05) is 273 Å². The molecule has 0 aromatic rings. The first-order valence-electron chi connectivity index (χ1n) is 36.2. The molecular weight excluding hydrogens is 1190 g/mol. The first-order chi connectivity index (χ1) is 44.2. The van der Waals surface area contributed by atoms with E-state index in [4.69, 9.17) is 32.3 Å².